The van der Waals surface area contributed by atoms with Gasteiger partial charge >= 0.3 is 0 Å². The quantitative estimate of drug-likeness (QED) is 0.758. The van der Waals surface area contributed by atoms with Crippen molar-refractivity contribution in [2.24, 2.45) is 0 Å². The topological polar surface area (TPSA) is 63.7 Å². The predicted molar refractivity (Wildman–Crippen MR) is 69.0 cm³/mol. The van der Waals surface area contributed by atoms with Gasteiger partial charge in [0.2, 0.25) is 9.84 Å². The van der Waals surface area contributed by atoms with Crippen LogP contribution in [0.5, 0.6) is 0 Å². The van der Waals surface area contributed by atoms with Gasteiger partial charge in [-0.05, 0) is 6.07 Å². The Morgan fingerprint density at radius 1 is 1.16 bits per heavy atom. The average molecular weight is 279 g/mol. The molecule has 0 N–H and O–H groups in total. The van der Waals surface area contributed by atoms with Crippen LogP contribution in [0.25, 0.3) is 5.57 Å². The zero-order valence-corrected chi connectivity index (χ0v) is 11.0. The highest BCUT2D eigenvalue weighted by atomic mass is 32.2. The van der Waals surface area contributed by atoms with Crippen LogP contribution in [0.15, 0.2) is 34.6 Å². The van der Waals surface area contributed by atoms with Gasteiger partial charge in [-0.25, -0.2) is 8.42 Å². The van der Waals surface area contributed by atoms with Gasteiger partial charge in [-0.2, -0.15) is 0 Å². The maximum absolute atomic E-state index is 12.4. The SMILES string of the molecule is O=C(C1=CS(=O)(=O)c2ccccc21)N1CCOCC1. The minimum Gasteiger partial charge on any atom is -0.378 e. The second-order valence-electron chi connectivity index (χ2n) is 4.48. The molecule has 5 nitrogen and oxygen atoms in total. The van der Waals surface area contributed by atoms with Crippen molar-refractivity contribution in [1.29, 1.82) is 0 Å². The molecule has 0 radical (unpaired) electrons. The van der Waals surface area contributed by atoms with Gasteiger partial charge in [-0.15, -0.1) is 0 Å². The highest BCUT2D eigenvalue weighted by Crippen LogP contribution is 2.34. The molecule has 0 aliphatic carbocycles. The summed E-state index contributed by atoms with van der Waals surface area (Å²) in [7, 11) is -3.48. The van der Waals surface area contributed by atoms with Gasteiger partial charge in [-0.1, -0.05) is 18.2 Å². The molecule has 0 saturated carbocycles. The van der Waals surface area contributed by atoms with Crippen molar-refractivity contribution in [3.8, 4) is 0 Å². The molecule has 1 aromatic rings. The number of rotatable bonds is 1. The molecule has 3 rings (SSSR count). The van der Waals surface area contributed by atoms with Crippen molar-refractivity contribution < 1.29 is 17.9 Å². The summed E-state index contributed by atoms with van der Waals surface area (Å²) in [5.74, 6) is -0.239. The molecule has 0 unspecified atom stereocenters. The first-order chi connectivity index (χ1) is 9.09. The van der Waals surface area contributed by atoms with Gasteiger partial charge in [0.15, 0.2) is 0 Å². The zero-order valence-electron chi connectivity index (χ0n) is 10.2. The van der Waals surface area contributed by atoms with Crippen LogP contribution in [-0.4, -0.2) is 45.5 Å². The number of carbonyl (C=O) groups is 1. The Morgan fingerprint density at radius 3 is 2.58 bits per heavy atom. The Morgan fingerprint density at radius 2 is 1.84 bits per heavy atom. The molecule has 19 heavy (non-hydrogen) atoms. The predicted octanol–water partition coefficient (Wildman–Crippen LogP) is 0.674. The summed E-state index contributed by atoms with van der Waals surface area (Å²) >= 11 is 0. The monoisotopic (exact) mass is 279 g/mol. The molecule has 0 bridgehead atoms. The number of amides is 1. The lowest BCUT2D eigenvalue weighted by atomic mass is 10.1. The molecule has 2 heterocycles. The highest BCUT2D eigenvalue weighted by Gasteiger charge is 2.32. The van der Waals surface area contributed by atoms with E-state index in [4.69, 9.17) is 4.74 Å². The fraction of sp³-hybridized carbons (Fsp3) is 0.308. The van der Waals surface area contributed by atoms with E-state index in [9.17, 15) is 13.2 Å². The van der Waals surface area contributed by atoms with Crippen LogP contribution in [0, 0.1) is 0 Å². The normalized spacial score (nSPS) is 20.8. The lowest BCUT2D eigenvalue weighted by molar-refractivity contribution is -0.128. The van der Waals surface area contributed by atoms with Crippen LogP contribution in [0.4, 0.5) is 0 Å². The number of carbonyl (C=O) groups excluding carboxylic acids is 1. The van der Waals surface area contributed by atoms with Gasteiger partial charge in [-0.3, -0.25) is 4.79 Å². The lowest BCUT2D eigenvalue weighted by Crippen LogP contribution is -2.40. The van der Waals surface area contributed by atoms with E-state index in [0.29, 0.717) is 31.9 Å². The molecule has 1 amide bonds. The number of nitrogens with zero attached hydrogens (tertiary/aromatic N) is 1. The summed E-state index contributed by atoms with van der Waals surface area (Å²) < 4.78 is 29.1. The second kappa shape index (κ2) is 4.47. The average Bonchev–Trinajstić information content (AvgIpc) is 2.72. The molecule has 100 valence electrons. The van der Waals surface area contributed by atoms with E-state index in [1.807, 2.05) is 0 Å². The first kappa shape index (κ1) is 12.4. The minimum absolute atomic E-state index is 0.214. The fourth-order valence-electron chi connectivity index (χ4n) is 2.32. The summed E-state index contributed by atoms with van der Waals surface area (Å²) in [4.78, 5) is 14.2. The first-order valence-corrected chi connectivity index (χ1v) is 7.57. The lowest BCUT2D eigenvalue weighted by Gasteiger charge is -2.27. The van der Waals surface area contributed by atoms with Gasteiger partial charge in [0.05, 0.1) is 23.7 Å². The highest BCUT2D eigenvalue weighted by molar-refractivity contribution is 7.95. The molecular formula is C13H13NO4S. The molecule has 6 heteroatoms. The van der Waals surface area contributed by atoms with E-state index in [1.165, 1.54) is 6.07 Å². The molecule has 0 spiro atoms. The third kappa shape index (κ3) is 2.06. The fourth-order valence-corrected chi connectivity index (χ4v) is 3.74. The number of sulfone groups is 1. The van der Waals surface area contributed by atoms with Crippen LogP contribution in [0.3, 0.4) is 0 Å². The zero-order chi connectivity index (χ0) is 13.5. The Labute approximate surface area is 111 Å². The number of hydrogen-bond donors (Lipinski definition) is 0. The third-order valence-corrected chi connectivity index (χ3v) is 4.80. The first-order valence-electron chi connectivity index (χ1n) is 6.03. The molecule has 0 aromatic heterocycles. The van der Waals surface area contributed by atoms with Crippen LogP contribution in [0.2, 0.25) is 0 Å². The third-order valence-electron chi connectivity index (χ3n) is 3.29. The van der Waals surface area contributed by atoms with Crippen LogP contribution >= 0.6 is 0 Å². The number of fused-ring (bicyclic) bond motifs is 1. The molecular weight excluding hydrogens is 266 g/mol. The molecule has 1 aromatic carbocycles. The van der Waals surface area contributed by atoms with E-state index in [2.05, 4.69) is 0 Å². The molecule has 2 aliphatic heterocycles. The van der Waals surface area contributed by atoms with Crippen LogP contribution in [0.1, 0.15) is 5.56 Å². The van der Waals surface area contributed by atoms with E-state index in [0.717, 1.165) is 5.41 Å². The summed E-state index contributed by atoms with van der Waals surface area (Å²) in [5, 5.41) is 1.08. The maximum Gasteiger partial charge on any atom is 0.255 e. The number of morpholine rings is 1. The van der Waals surface area contributed by atoms with Gasteiger partial charge in [0.1, 0.15) is 0 Å². The number of ether oxygens (including phenoxy) is 1. The van der Waals surface area contributed by atoms with Crippen LogP contribution in [-0.2, 0) is 19.4 Å². The molecule has 0 atom stereocenters. The second-order valence-corrected chi connectivity index (χ2v) is 6.24. The van der Waals surface area contributed by atoms with Crippen molar-refractivity contribution in [2.75, 3.05) is 26.3 Å². The van der Waals surface area contributed by atoms with Crippen molar-refractivity contribution in [3.63, 3.8) is 0 Å². The summed E-state index contributed by atoms with van der Waals surface area (Å²) in [6.45, 7) is 1.98. The Balaban J connectivity index is 2.00. The minimum atomic E-state index is -3.48. The summed E-state index contributed by atoms with van der Waals surface area (Å²) in [6, 6.07) is 6.59. The van der Waals surface area contributed by atoms with Gasteiger partial charge < -0.3 is 9.64 Å². The summed E-state index contributed by atoms with van der Waals surface area (Å²) in [6.07, 6.45) is 0. The molecule has 1 fully saturated rings. The Bertz CT molecular complexity index is 657. The van der Waals surface area contributed by atoms with E-state index >= 15 is 0 Å². The van der Waals surface area contributed by atoms with Gasteiger partial charge in [0, 0.05) is 24.1 Å². The van der Waals surface area contributed by atoms with Crippen molar-refractivity contribution in [2.45, 2.75) is 4.90 Å². The number of benzene rings is 1. The number of hydrogen-bond acceptors (Lipinski definition) is 4. The Kier molecular flexibility index (Phi) is 2.91. The Hall–Kier alpha value is -1.66. The van der Waals surface area contributed by atoms with E-state index in [1.54, 1.807) is 23.1 Å². The molecule has 1 saturated heterocycles. The van der Waals surface area contributed by atoms with Gasteiger partial charge in [0.25, 0.3) is 5.91 Å². The maximum atomic E-state index is 12.4. The summed E-state index contributed by atoms with van der Waals surface area (Å²) in [5.41, 5.74) is 0.761. The van der Waals surface area contributed by atoms with Crippen molar-refractivity contribution >= 4 is 21.3 Å². The van der Waals surface area contributed by atoms with Crippen LogP contribution < -0.4 is 0 Å². The van der Waals surface area contributed by atoms with Crippen molar-refractivity contribution in [3.05, 3.63) is 35.2 Å². The smallest absolute Gasteiger partial charge is 0.255 e. The van der Waals surface area contributed by atoms with E-state index < -0.39 is 9.84 Å². The standard InChI is InChI=1S/C13H13NO4S/c15-13(14-5-7-18-8-6-14)11-9-19(16,17)12-4-2-1-3-10(11)12/h1-4,9H,5-8H2. The largest absolute Gasteiger partial charge is 0.378 e. The molecule has 2 aliphatic rings. The van der Waals surface area contributed by atoms with Crippen molar-refractivity contribution in [1.82, 2.24) is 4.90 Å². The van der Waals surface area contributed by atoms with E-state index in [-0.39, 0.29) is 16.4 Å².